The van der Waals surface area contributed by atoms with Gasteiger partial charge in [-0.2, -0.15) is 13.2 Å². The molecule has 0 spiro atoms. The van der Waals surface area contributed by atoms with Crippen LogP contribution in [0.25, 0.3) is 20.7 Å². The van der Waals surface area contributed by atoms with Crippen molar-refractivity contribution < 1.29 is 45.7 Å². The van der Waals surface area contributed by atoms with Crippen LogP contribution < -0.4 is 20.7 Å². The molecular weight excluding hydrogens is 594 g/mol. The molecule has 1 fully saturated rings. The van der Waals surface area contributed by atoms with Crippen molar-refractivity contribution in [2.45, 2.75) is 44.4 Å². The van der Waals surface area contributed by atoms with Gasteiger partial charge in [-0.05, 0) is 53.9 Å². The minimum atomic E-state index is -5.10. The summed E-state index contributed by atoms with van der Waals surface area (Å²) < 4.78 is 94.8. The van der Waals surface area contributed by atoms with E-state index in [2.05, 4.69) is 4.74 Å². The number of nitrogens with zero attached hydrogens (tertiary/aromatic N) is 1. The predicted octanol–water partition coefficient (Wildman–Crippen LogP) is 5.63. The number of aromatic amines is 1. The molecule has 1 aliphatic heterocycles. The summed E-state index contributed by atoms with van der Waals surface area (Å²) >= 11 is 0.709. The Kier molecular flexibility index (Phi) is 7.39. The summed E-state index contributed by atoms with van der Waals surface area (Å²) in [5.41, 5.74) is -0.960. The van der Waals surface area contributed by atoms with Crippen LogP contribution in [0.15, 0.2) is 52.1 Å². The first kappa shape index (κ1) is 29.7. The summed E-state index contributed by atoms with van der Waals surface area (Å²) in [5.74, 6) is -0.748. The molecule has 42 heavy (non-hydrogen) atoms. The van der Waals surface area contributed by atoms with Crippen molar-refractivity contribution >= 4 is 21.6 Å². The largest absolute Gasteiger partial charge is 0.573 e. The lowest BCUT2D eigenvalue weighted by Crippen LogP contribution is -2.43. The summed E-state index contributed by atoms with van der Waals surface area (Å²) in [5, 5.41) is 9.39. The minimum absolute atomic E-state index is 0.114. The van der Waals surface area contributed by atoms with Gasteiger partial charge in [-0.1, -0.05) is 19.1 Å². The summed E-state index contributed by atoms with van der Waals surface area (Å²) in [6.07, 6.45) is -13.0. The lowest BCUT2D eigenvalue weighted by atomic mass is 9.81. The van der Waals surface area contributed by atoms with Crippen molar-refractivity contribution in [2.24, 2.45) is 0 Å². The van der Waals surface area contributed by atoms with Gasteiger partial charge in [0, 0.05) is 10.3 Å². The standard InChI is InChI=1S/C27H22F6N2O6S/c1-13-20-22(37)34-24(38)35(10-19(36)26(28,29)30)23(20)42-21(13)14-3-8-17(18(9-14)41-27(31,32)33)40-16-6-4-15(5-7-16)25(2)11-39-12-25/h3-9,19,36H,10-12H2,1-2H3,(H,34,37,38)/t19-/m1/s1. The van der Waals surface area contributed by atoms with Crippen molar-refractivity contribution in [1.82, 2.24) is 9.55 Å². The van der Waals surface area contributed by atoms with E-state index in [0.717, 1.165) is 11.6 Å². The fraction of sp³-hybridized carbons (Fsp3) is 0.333. The zero-order chi connectivity index (χ0) is 30.6. The molecule has 0 unspecified atom stereocenters. The summed E-state index contributed by atoms with van der Waals surface area (Å²) in [6.45, 7) is 3.33. The van der Waals surface area contributed by atoms with Crippen LogP contribution in [0.4, 0.5) is 26.3 Å². The van der Waals surface area contributed by atoms with E-state index >= 15 is 0 Å². The van der Waals surface area contributed by atoms with Crippen LogP contribution in [-0.2, 0) is 16.7 Å². The number of aryl methyl sites for hydroxylation is 1. The molecule has 2 aromatic carbocycles. The zero-order valence-electron chi connectivity index (χ0n) is 21.9. The lowest BCUT2D eigenvalue weighted by Gasteiger charge is -2.38. The molecule has 1 saturated heterocycles. The number of ether oxygens (including phenoxy) is 3. The molecule has 4 aromatic rings. The fourth-order valence-corrected chi connectivity index (χ4v) is 5.87. The third-order valence-electron chi connectivity index (χ3n) is 6.85. The average Bonchev–Trinajstić information content (AvgIpc) is 3.22. The Hall–Kier alpha value is -3.82. The Morgan fingerprint density at radius 1 is 1.07 bits per heavy atom. The number of aromatic nitrogens is 2. The Morgan fingerprint density at radius 2 is 1.74 bits per heavy atom. The number of fused-ring (bicyclic) bond motifs is 1. The quantitative estimate of drug-likeness (QED) is 0.261. The molecule has 0 bridgehead atoms. The second-order valence-corrected chi connectivity index (χ2v) is 11.1. The maximum atomic E-state index is 13.4. The number of hydrogen-bond acceptors (Lipinski definition) is 7. The van der Waals surface area contributed by atoms with Crippen LogP contribution in [0.3, 0.4) is 0 Å². The van der Waals surface area contributed by atoms with Crippen molar-refractivity contribution in [3.05, 3.63) is 74.4 Å². The van der Waals surface area contributed by atoms with Crippen LogP contribution >= 0.6 is 11.3 Å². The molecule has 8 nitrogen and oxygen atoms in total. The van der Waals surface area contributed by atoms with Crippen LogP contribution in [0.1, 0.15) is 18.1 Å². The predicted molar refractivity (Wildman–Crippen MR) is 140 cm³/mol. The van der Waals surface area contributed by atoms with E-state index in [1.54, 1.807) is 24.3 Å². The van der Waals surface area contributed by atoms with Gasteiger partial charge >= 0.3 is 18.2 Å². The molecule has 2 aromatic heterocycles. The number of thiophene rings is 1. The minimum Gasteiger partial charge on any atom is -0.453 e. The lowest BCUT2D eigenvalue weighted by molar-refractivity contribution is -0.275. The molecule has 0 saturated carbocycles. The van der Waals surface area contributed by atoms with Gasteiger partial charge in [-0.25, -0.2) is 4.79 Å². The highest BCUT2D eigenvalue weighted by Gasteiger charge is 2.39. The van der Waals surface area contributed by atoms with E-state index in [-0.39, 0.29) is 43.1 Å². The maximum Gasteiger partial charge on any atom is 0.573 e. The second kappa shape index (κ2) is 10.5. The monoisotopic (exact) mass is 616 g/mol. The van der Waals surface area contributed by atoms with Crippen LogP contribution in [0, 0.1) is 6.92 Å². The Morgan fingerprint density at radius 3 is 2.31 bits per heavy atom. The van der Waals surface area contributed by atoms with E-state index in [1.807, 2.05) is 11.9 Å². The van der Waals surface area contributed by atoms with Crippen molar-refractivity contribution in [1.29, 1.82) is 0 Å². The van der Waals surface area contributed by atoms with Crippen LogP contribution in [0.2, 0.25) is 0 Å². The number of H-pyrrole nitrogens is 1. The molecule has 0 amide bonds. The SMILES string of the molecule is Cc1c(-c2ccc(Oc3ccc(C4(C)COC4)cc3)c(OC(F)(F)F)c2)sc2c1c(=O)[nH]c(=O)n2C[C@@H](O)C(F)(F)F. The number of hydrogen-bond donors (Lipinski definition) is 2. The molecule has 5 rings (SSSR count). The van der Waals surface area contributed by atoms with E-state index in [0.29, 0.717) is 29.1 Å². The number of alkyl halides is 6. The Balaban J connectivity index is 1.55. The van der Waals surface area contributed by atoms with Crippen LogP contribution in [0.5, 0.6) is 17.2 Å². The highest BCUT2D eigenvalue weighted by Crippen LogP contribution is 2.43. The van der Waals surface area contributed by atoms with Gasteiger partial charge in [0.2, 0.25) is 0 Å². The van der Waals surface area contributed by atoms with E-state index in [4.69, 9.17) is 9.47 Å². The summed E-state index contributed by atoms with van der Waals surface area (Å²) in [7, 11) is 0. The molecule has 1 atom stereocenters. The van der Waals surface area contributed by atoms with Gasteiger partial charge in [0.15, 0.2) is 17.6 Å². The molecule has 1 aliphatic rings. The van der Waals surface area contributed by atoms with Crippen molar-refractivity contribution in [2.75, 3.05) is 13.2 Å². The highest BCUT2D eigenvalue weighted by atomic mass is 32.1. The highest BCUT2D eigenvalue weighted by molar-refractivity contribution is 7.22. The zero-order valence-corrected chi connectivity index (χ0v) is 22.7. The molecule has 3 heterocycles. The fourth-order valence-electron chi connectivity index (χ4n) is 4.56. The summed E-state index contributed by atoms with van der Waals surface area (Å²) in [4.78, 5) is 26.9. The number of halogens is 6. The average molecular weight is 617 g/mol. The third kappa shape index (κ3) is 5.76. The smallest absolute Gasteiger partial charge is 0.453 e. The molecule has 0 aliphatic carbocycles. The topological polar surface area (TPSA) is 103 Å². The molecular formula is C27H22F6N2O6S. The molecule has 15 heteroatoms. The first-order valence-corrected chi connectivity index (χ1v) is 13.1. The van der Waals surface area contributed by atoms with Gasteiger partial charge < -0.3 is 19.3 Å². The van der Waals surface area contributed by atoms with Crippen molar-refractivity contribution in [3.63, 3.8) is 0 Å². The number of nitrogens with one attached hydrogen (secondary N) is 1. The number of aliphatic hydroxyl groups excluding tert-OH is 1. The van der Waals surface area contributed by atoms with E-state index < -0.39 is 42.2 Å². The first-order valence-electron chi connectivity index (χ1n) is 12.3. The van der Waals surface area contributed by atoms with E-state index in [9.17, 15) is 41.0 Å². The van der Waals surface area contributed by atoms with Gasteiger partial charge in [-0.3, -0.25) is 14.3 Å². The Labute approximate surface area is 236 Å². The number of aliphatic hydroxyl groups is 1. The normalized spacial score (nSPS) is 15.8. The molecule has 0 radical (unpaired) electrons. The van der Waals surface area contributed by atoms with Gasteiger partial charge in [-0.15, -0.1) is 24.5 Å². The first-order chi connectivity index (χ1) is 19.6. The van der Waals surface area contributed by atoms with Gasteiger partial charge in [0.25, 0.3) is 5.56 Å². The van der Waals surface area contributed by atoms with Gasteiger partial charge in [0.05, 0.1) is 25.1 Å². The number of benzene rings is 2. The summed E-state index contributed by atoms with van der Waals surface area (Å²) in [6, 6.07) is 10.4. The second-order valence-electron chi connectivity index (χ2n) is 10.1. The van der Waals surface area contributed by atoms with Gasteiger partial charge in [0.1, 0.15) is 10.6 Å². The maximum absolute atomic E-state index is 13.4. The third-order valence-corrected chi connectivity index (χ3v) is 8.22. The van der Waals surface area contributed by atoms with E-state index in [1.165, 1.54) is 19.1 Å². The Bertz CT molecular complexity index is 1750. The molecule has 224 valence electrons. The number of rotatable bonds is 7. The van der Waals surface area contributed by atoms with Crippen molar-refractivity contribution in [3.8, 4) is 27.7 Å². The van der Waals surface area contributed by atoms with Crippen LogP contribution in [-0.4, -0.2) is 46.5 Å². The molecule has 2 N–H and O–H groups in total.